The third kappa shape index (κ3) is 4.32. The van der Waals surface area contributed by atoms with Crippen LogP contribution in [0.1, 0.15) is 12.6 Å². The molecule has 6 nitrogen and oxygen atoms in total. The molecule has 0 aliphatic rings. The zero-order chi connectivity index (χ0) is 15.1. The first-order valence-corrected chi connectivity index (χ1v) is 6.67. The second-order valence-electron chi connectivity index (χ2n) is 4.28. The molecule has 0 bridgehead atoms. The molecule has 0 fully saturated rings. The van der Waals surface area contributed by atoms with E-state index < -0.39 is 0 Å². The molecule has 1 aromatic carbocycles. The summed E-state index contributed by atoms with van der Waals surface area (Å²) in [5, 5.41) is 3.19. The monoisotopic (exact) mass is 289 g/mol. The molecule has 0 spiro atoms. The first kappa shape index (κ1) is 15.1. The topological polar surface area (TPSA) is 65.5 Å². The Morgan fingerprint density at radius 1 is 0.952 bits per heavy atom. The van der Waals surface area contributed by atoms with Gasteiger partial charge in [-0.3, -0.25) is 4.98 Å². The van der Waals surface area contributed by atoms with Gasteiger partial charge in [0, 0.05) is 24.7 Å². The average molecular weight is 289 g/mol. The molecule has 0 aliphatic carbocycles. The summed E-state index contributed by atoms with van der Waals surface area (Å²) in [6.07, 6.45) is 3.29. The number of hydrogen-bond acceptors (Lipinski definition) is 6. The van der Waals surface area contributed by atoms with Gasteiger partial charge in [0.2, 0.25) is 5.88 Å². The van der Waals surface area contributed by atoms with Gasteiger partial charge in [-0.2, -0.15) is 0 Å². The highest BCUT2D eigenvalue weighted by molar-refractivity contribution is 5.43. The Balaban J connectivity index is 2.10. The number of methoxy groups -OCH3 is 2. The first-order chi connectivity index (χ1) is 10.2. The predicted octanol–water partition coefficient (Wildman–Crippen LogP) is 2.40. The number of hydrogen-bond donors (Lipinski definition) is 1. The normalized spacial score (nSPS) is 10.2. The van der Waals surface area contributed by atoms with E-state index in [2.05, 4.69) is 15.3 Å². The molecule has 1 heterocycles. The van der Waals surface area contributed by atoms with E-state index in [0.29, 0.717) is 29.7 Å². The molecule has 21 heavy (non-hydrogen) atoms. The maximum atomic E-state index is 5.67. The molecule has 112 valence electrons. The summed E-state index contributed by atoms with van der Waals surface area (Å²) in [7, 11) is 3.18. The van der Waals surface area contributed by atoms with Crippen molar-refractivity contribution in [1.29, 1.82) is 0 Å². The van der Waals surface area contributed by atoms with Crippen LogP contribution in [0.25, 0.3) is 0 Å². The van der Waals surface area contributed by atoms with Gasteiger partial charge >= 0.3 is 0 Å². The Bertz CT molecular complexity index is 551. The molecule has 1 N–H and O–H groups in total. The molecule has 1 aromatic heterocycles. The van der Waals surface area contributed by atoms with E-state index in [1.165, 1.54) is 0 Å². The molecule has 0 saturated carbocycles. The van der Waals surface area contributed by atoms with Crippen molar-refractivity contribution in [3.8, 4) is 23.1 Å². The summed E-state index contributed by atoms with van der Waals surface area (Å²) >= 11 is 0. The Morgan fingerprint density at radius 2 is 1.62 bits per heavy atom. The largest absolute Gasteiger partial charge is 0.496 e. The maximum absolute atomic E-state index is 5.67. The van der Waals surface area contributed by atoms with Crippen LogP contribution in [0.2, 0.25) is 0 Å². The summed E-state index contributed by atoms with van der Waals surface area (Å²) in [6, 6.07) is 5.30. The highest BCUT2D eigenvalue weighted by Gasteiger charge is 2.05. The lowest BCUT2D eigenvalue weighted by Crippen LogP contribution is -2.13. The molecular formula is C15H19N3O3. The smallest absolute Gasteiger partial charge is 0.237 e. The summed E-state index contributed by atoms with van der Waals surface area (Å²) in [6.45, 7) is 3.63. The van der Waals surface area contributed by atoms with Crippen LogP contribution in [-0.4, -0.2) is 30.7 Å². The number of rotatable bonds is 7. The van der Waals surface area contributed by atoms with E-state index in [1.807, 2.05) is 6.92 Å². The van der Waals surface area contributed by atoms with Crippen molar-refractivity contribution in [2.24, 2.45) is 0 Å². The number of nitrogens with one attached hydrogen (secondary N) is 1. The van der Waals surface area contributed by atoms with E-state index in [4.69, 9.17) is 14.2 Å². The predicted molar refractivity (Wildman–Crippen MR) is 79.0 cm³/mol. The number of nitrogens with zero attached hydrogens (tertiary/aromatic N) is 2. The fraction of sp³-hybridized carbons (Fsp3) is 0.333. The van der Waals surface area contributed by atoms with Crippen molar-refractivity contribution >= 4 is 0 Å². The molecule has 0 saturated heterocycles. The lowest BCUT2D eigenvalue weighted by molar-refractivity contribution is 0.384. The maximum Gasteiger partial charge on any atom is 0.237 e. The molecule has 2 rings (SSSR count). The summed E-state index contributed by atoms with van der Waals surface area (Å²) in [5.41, 5.74) is 0.868. The Morgan fingerprint density at radius 3 is 2.14 bits per heavy atom. The van der Waals surface area contributed by atoms with Crippen molar-refractivity contribution in [1.82, 2.24) is 15.3 Å². The fourth-order valence-corrected chi connectivity index (χ4v) is 1.70. The minimum absolute atomic E-state index is 0.422. The molecule has 6 heteroatoms. The molecule has 0 radical (unpaired) electrons. The van der Waals surface area contributed by atoms with Crippen LogP contribution in [0, 0.1) is 0 Å². The van der Waals surface area contributed by atoms with Gasteiger partial charge in [-0.1, -0.05) is 6.92 Å². The third-order valence-corrected chi connectivity index (χ3v) is 2.79. The summed E-state index contributed by atoms with van der Waals surface area (Å²) < 4.78 is 16.1. The van der Waals surface area contributed by atoms with Gasteiger partial charge in [-0.15, -0.1) is 0 Å². The molecule has 0 aliphatic heterocycles. The van der Waals surface area contributed by atoms with Crippen LogP contribution in [-0.2, 0) is 6.54 Å². The van der Waals surface area contributed by atoms with E-state index in [0.717, 1.165) is 12.2 Å². The Labute approximate surface area is 124 Å². The number of aromatic nitrogens is 2. The molecular weight excluding hydrogens is 270 g/mol. The third-order valence-electron chi connectivity index (χ3n) is 2.79. The minimum Gasteiger partial charge on any atom is -0.496 e. The fourth-order valence-electron chi connectivity index (χ4n) is 1.70. The molecule has 2 aromatic rings. The summed E-state index contributed by atoms with van der Waals surface area (Å²) in [4.78, 5) is 8.52. The van der Waals surface area contributed by atoms with Gasteiger partial charge in [0.1, 0.15) is 17.2 Å². The van der Waals surface area contributed by atoms with Crippen LogP contribution < -0.4 is 19.5 Å². The lowest BCUT2D eigenvalue weighted by atomic mass is 10.3. The van der Waals surface area contributed by atoms with Crippen molar-refractivity contribution in [2.45, 2.75) is 13.5 Å². The van der Waals surface area contributed by atoms with Crippen LogP contribution in [0.5, 0.6) is 23.1 Å². The Hall–Kier alpha value is -2.34. The zero-order valence-electron chi connectivity index (χ0n) is 12.4. The highest BCUT2D eigenvalue weighted by Crippen LogP contribution is 2.29. The van der Waals surface area contributed by atoms with Gasteiger partial charge in [0.25, 0.3) is 0 Å². The van der Waals surface area contributed by atoms with E-state index in [1.54, 1.807) is 44.8 Å². The Kier molecular flexibility index (Phi) is 5.34. The van der Waals surface area contributed by atoms with E-state index in [-0.39, 0.29) is 0 Å². The second kappa shape index (κ2) is 7.44. The van der Waals surface area contributed by atoms with Crippen molar-refractivity contribution in [3.05, 3.63) is 36.3 Å². The molecule has 0 atom stereocenters. The molecule has 0 unspecified atom stereocenters. The lowest BCUT2D eigenvalue weighted by Gasteiger charge is -2.09. The number of benzene rings is 1. The summed E-state index contributed by atoms with van der Waals surface area (Å²) in [5.74, 6) is 2.31. The minimum atomic E-state index is 0.422. The van der Waals surface area contributed by atoms with Crippen LogP contribution in [0.4, 0.5) is 0 Å². The van der Waals surface area contributed by atoms with Gasteiger partial charge in [0.15, 0.2) is 0 Å². The molecule has 0 amide bonds. The standard InChI is InChI=1S/C15H19N3O3/c1-4-16-8-11-9-18-15(10-17-11)21-14-6-12(19-2)5-13(7-14)20-3/h5-7,9-10,16H,4,8H2,1-3H3. The zero-order valence-corrected chi connectivity index (χ0v) is 12.4. The van der Waals surface area contributed by atoms with E-state index in [9.17, 15) is 0 Å². The SMILES string of the molecule is CCNCc1cnc(Oc2cc(OC)cc(OC)c2)cn1. The van der Waals surface area contributed by atoms with E-state index >= 15 is 0 Å². The van der Waals surface area contributed by atoms with Gasteiger partial charge < -0.3 is 19.5 Å². The first-order valence-electron chi connectivity index (χ1n) is 6.67. The van der Waals surface area contributed by atoms with Gasteiger partial charge in [0.05, 0.1) is 32.3 Å². The highest BCUT2D eigenvalue weighted by atomic mass is 16.5. The van der Waals surface area contributed by atoms with Crippen molar-refractivity contribution < 1.29 is 14.2 Å². The van der Waals surface area contributed by atoms with Crippen molar-refractivity contribution in [2.75, 3.05) is 20.8 Å². The second-order valence-corrected chi connectivity index (χ2v) is 4.28. The van der Waals surface area contributed by atoms with Gasteiger partial charge in [-0.25, -0.2) is 4.98 Å². The van der Waals surface area contributed by atoms with Crippen LogP contribution in [0.15, 0.2) is 30.6 Å². The number of ether oxygens (including phenoxy) is 3. The van der Waals surface area contributed by atoms with Gasteiger partial charge in [-0.05, 0) is 6.54 Å². The van der Waals surface area contributed by atoms with Crippen LogP contribution >= 0.6 is 0 Å². The average Bonchev–Trinajstić information content (AvgIpc) is 2.53. The quantitative estimate of drug-likeness (QED) is 0.844. The van der Waals surface area contributed by atoms with Crippen molar-refractivity contribution in [3.63, 3.8) is 0 Å². The van der Waals surface area contributed by atoms with Crippen LogP contribution in [0.3, 0.4) is 0 Å².